The lowest BCUT2D eigenvalue weighted by molar-refractivity contribution is -0.161. The van der Waals surface area contributed by atoms with Crippen LogP contribution in [0.15, 0.2) is 24.3 Å². The molecule has 1 heterocycles. The Morgan fingerprint density at radius 2 is 1.74 bits per heavy atom. The van der Waals surface area contributed by atoms with Crippen LogP contribution in [-0.4, -0.2) is 46.5 Å². The fourth-order valence-electron chi connectivity index (χ4n) is 6.13. The van der Waals surface area contributed by atoms with Gasteiger partial charge in [-0.3, -0.25) is 14.4 Å². The van der Waals surface area contributed by atoms with Crippen molar-refractivity contribution in [2.24, 2.45) is 11.8 Å². The van der Waals surface area contributed by atoms with E-state index in [1.165, 1.54) is 25.3 Å². The van der Waals surface area contributed by atoms with Gasteiger partial charge in [-0.1, -0.05) is 29.8 Å². The zero-order valence-electron chi connectivity index (χ0n) is 24.1. The maximum absolute atomic E-state index is 14.2. The number of alkyl halides is 3. The Bertz CT molecular complexity index is 1470. The van der Waals surface area contributed by atoms with Crippen LogP contribution < -0.4 is 0 Å². The van der Waals surface area contributed by atoms with E-state index >= 15 is 0 Å². The molecular formula is C31H34ClF3N2O5. The van der Waals surface area contributed by atoms with Gasteiger partial charge in [-0.25, -0.2) is 0 Å². The molecule has 0 unspecified atom stereocenters. The number of fused-ring (bicyclic) bond motifs is 1. The summed E-state index contributed by atoms with van der Waals surface area (Å²) in [4.78, 5) is 39.2. The van der Waals surface area contributed by atoms with Crippen molar-refractivity contribution in [2.75, 3.05) is 7.11 Å². The second kappa shape index (κ2) is 10.8. The van der Waals surface area contributed by atoms with Crippen LogP contribution in [-0.2, 0) is 37.3 Å². The first-order valence-electron chi connectivity index (χ1n) is 14.2. The van der Waals surface area contributed by atoms with Crippen molar-refractivity contribution >= 4 is 35.0 Å². The van der Waals surface area contributed by atoms with Gasteiger partial charge in [-0.2, -0.15) is 23.0 Å². The zero-order valence-corrected chi connectivity index (χ0v) is 24.8. The molecule has 3 aliphatic rings. The number of rotatable bonds is 5. The van der Waals surface area contributed by atoms with Crippen molar-refractivity contribution in [3.63, 3.8) is 0 Å². The largest absolute Gasteiger partial charge is 0.469 e. The first kappa shape index (κ1) is 30.3. The highest BCUT2D eigenvalue weighted by Gasteiger charge is 2.65. The molecule has 7 nitrogen and oxygen atoms in total. The third-order valence-electron chi connectivity index (χ3n) is 8.49. The minimum absolute atomic E-state index is 0.0868. The fraction of sp³-hybridized carbons (Fsp3) is 0.548. The molecular weight excluding hydrogens is 573 g/mol. The fourth-order valence-corrected chi connectivity index (χ4v) is 6.39. The van der Waals surface area contributed by atoms with E-state index in [0.717, 1.165) is 15.8 Å². The summed E-state index contributed by atoms with van der Waals surface area (Å²) in [5.41, 5.74) is -0.457. The number of aromatic nitrogens is 2. The number of halogens is 4. The van der Waals surface area contributed by atoms with Gasteiger partial charge in [0, 0.05) is 12.0 Å². The molecule has 1 fully saturated rings. The number of nitrogens with zero attached hydrogens (tertiary/aromatic N) is 2. The summed E-state index contributed by atoms with van der Waals surface area (Å²) in [6.45, 7) is 5.45. The van der Waals surface area contributed by atoms with Crippen LogP contribution in [0.25, 0.3) is 5.57 Å². The van der Waals surface area contributed by atoms with Gasteiger partial charge in [0.15, 0.2) is 0 Å². The smallest absolute Gasteiger partial charge is 0.398 e. The quantitative estimate of drug-likeness (QED) is 0.356. The Kier molecular flexibility index (Phi) is 7.83. The molecule has 1 aromatic heterocycles. The van der Waals surface area contributed by atoms with E-state index in [2.05, 4.69) is 5.10 Å². The molecule has 1 saturated carbocycles. The first-order valence-corrected chi connectivity index (χ1v) is 14.6. The Labute approximate surface area is 247 Å². The second-order valence-corrected chi connectivity index (χ2v) is 12.8. The van der Waals surface area contributed by atoms with Crippen LogP contribution in [0.3, 0.4) is 0 Å². The van der Waals surface area contributed by atoms with Crippen LogP contribution in [0.2, 0.25) is 5.02 Å². The molecule has 1 aromatic carbocycles. The van der Waals surface area contributed by atoms with Gasteiger partial charge < -0.3 is 9.47 Å². The minimum Gasteiger partial charge on any atom is -0.469 e. The molecule has 2 aromatic rings. The van der Waals surface area contributed by atoms with Crippen LogP contribution in [0.5, 0.6) is 0 Å². The average molecular weight is 607 g/mol. The van der Waals surface area contributed by atoms with Crippen LogP contribution >= 0.6 is 11.6 Å². The molecule has 0 aliphatic heterocycles. The molecule has 226 valence electrons. The Morgan fingerprint density at radius 1 is 1.05 bits per heavy atom. The Morgan fingerprint density at radius 3 is 2.31 bits per heavy atom. The number of hydrogen-bond donors (Lipinski definition) is 0. The van der Waals surface area contributed by atoms with Crippen molar-refractivity contribution in [1.29, 1.82) is 0 Å². The van der Waals surface area contributed by atoms with Gasteiger partial charge >= 0.3 is 18.1 Å². The van der Waals surface area contributed by atoms with E-state index in [0.29, 0.717) is 43.5 Å². The standard InChI is InChI=1S/C31H34ClF3N2O5/c1-29(2,3)42-28(40)18-10-8-17(9-11-18)25-20-13-12-19(27(39)41-4)16-23(20)37(36-25)26(38)24-21(6-5-7-22(24)32)30(14-15-30)31(33,34)35/h5-8,18-19H,9-16H2,1-4H3/t18-,19-/m1/s1. The molecule has 0 amide bonds. The predicted octanol–water partition coefficient (Wildman–Crippen LogP) is 6.62. The summed E-state index contributed by atoms with van der Waals surface area (Å²) in [5, 5.41) is 4.59. The Balaban J connectivity index is 1.55. The molecule has 0 N–H and O–H groups in total. The lowest BCUT2D eigenvalue weighted by Crippen LogP contribution is -2.32. The van der Waals surface area contributed by atoms with Gasteiger partial charge in [-0.15, -0.1) is 0 Å². The lowest BCUT2D eigenvalue weighted by atomic mass is 9.82. The number of ether oxygens (including phenoxy) is 2. The maximum Gasteiger partial charge on any atom is 0.398 e. The normalized spacial score (nSPS) is 21.7. The number of methoxy groups -OCH3 is 1. The van der Waals surface area contributed by atoms with Crippen LogP contribution in [0.4, 0.5) is 13.2 Å². The molecule has 2 atom stereocenters. The summed E-state index contributed by atoms with van der Waals surface area (Å²) < 4.78 is 54.1. The van der Waals surface area contributed by atoms with E-state index < -0.39 is 35.0 Å². The van der Waals surface area contributed by atoms with Crippen molar-refractivity contribution in [2.45, 2.75) is 89.3 Å². The van der Waals surface area contributed by atoms with Crippen molar-refractivity contribution in [1.82, 2.24) is 9.78 Å². The van der Waals surface area contributed by atoms with Crippen molar-refractivity contribution in [3.05, 3.63) is 57.4 Å². The summed E-state index contributed by atoms with van der Waals surface area (Å²) >= 11 is 6.43. The number of esters is 2. The zero-order chi connectivity index (χ0) is 30.6. The number of allylic oxidation sites excluding steroid dienone is 2. The molecule has 11 heteroatoms. The predicted molar refractivity (Wildman–Crippen MR) is 149 cm³/mol. The number of benzene rings is 1. The molecule has 42 heavy (non-hydrogen) atoms. The van der Waals surface area contributed by atoms with E-state index in [-0.39, 0.29) is 47.3 Å². The van der Waals surface area contributed by atoms with Gasteiger partial charge in [0.05, 0.1) is 46.3 Å². The number of carbonyl (C=O) groups is 3. The third kappa shape index (κ3) is 5.50. The lowest BCUT2D eigenvalue weighted by Gasteiger charge is -2.26. The highest BCUT2D eigenvalue weighted by atomic mass is 35.5. The van der Waals surface area contributed by atoms with E-state index in [4.69, 9.17) is 21.1 Å². The minimum atomic E-state index is -4.55. The molecule has 3 aliphatic carbocycles. The average Bonchev–Trinajstić information content (AvgIpc) is 3.67. The summed E-state index contributed by atoms with van der Waals surface area (Å²) in [5.74, 6) is -2.29. The van der Waals surface area contributed by atoms with E-state index in [9.17, 15) is 27.6 Å². The Hall–Kier alpha value is -3.14. The highest BCUT2D eigenvalue weighted by Crippen LogP contribution is 2.60. The monoisotopic (exact) mass is 606 g/mol. The summed E-state index contributed by atoms with van der Waals surface area (Å²) in [7, 11) is 1.29. The summed E-state index contributed by atoms with van der Waals surface area (Å²) in [6.07, 6.45) is -0.333. The van der Waals surface area contributed by atoms with Crippen LogP contribution in [0, 0.1) is 11.8 Å². The van der Waals surface area contributed by atoms with E-state index in [1.807, 2.05) is 26.8 Å². The van der Waals surface area contributed by atoms with Crippen LogP contribution in [0.1, 0.15) is 92.2 Å². The summed E-state index contributed by atoms with van der Waals surface area (Å²) in [6, 6.07) is 4.14. The first-order chi connectivity index (χ1) is 19.7. The molecule has 0 saturated heterocycles. The molecule has 0 radical (unpaired) electrons. The topological polar surface area (TPSA) is 87.5 Å². The molecule has 5 rings (SSSR count). The highest BCUT2D eigenvalue weighted by molar-refractivity contribution is 6.34. The molecule has 0 bridgehead atoms. The van der Waals surface area contributed by atoms with Gasteiger partial charge in [0.1, 0.15) is 5.60 Å². The maximum atomic E-state index is 14.2. The van der Waals surface area contributed by atoms with Crippen molar-refractivity contribution in [3.8, 4) is 0 Å². The second-order valence-electron chi connectivity index (χ2n) is 12.4. The molecule has 0 spiro atoms. The van der Waals surface area contributed by atoms with Gasteiger partial charge in [0.2, 0.25) is 0 Å². The third-order valence-corrected chi connectivity index (χ3v) is 8.81. The van der Waals surface area contributed by atoms with Crippen molar-refractivity contribution < 1.29 is 37.0 Å². The van der Waals surface area contributed by atoms with E-state index in [1.54, 1.807) is 0 Å². The van der Waals surface area contributed by atoms with Gasteiger partial charge in [-0.05, 0) is 82.9 Å². The number of carbonyl (C=O) groups excluding carboxylic acids is 3. The van der Waals surface area contributed by atoms with Gasteiger partial charge in [0.25, 0.3) is 5.91 Å². The SMILES string of the molecule is COC(=O)[C@@H]1CCc2c(C3=CC[C@@H](C(=O)OC(C)(C)C)CC3)nn(C(=O)c3c(Cl)cccc3C3(C(F)(F)F)CC3)c2C1. The number of hydrogen-bond acceptors (Lipinski definition) is 6.